The average molecular weight is 251 g/mol. The smallest absolute Gasteiger partial charge is 0.221 e. The van der Waals surface area contributed by atoms with Crippen LogP contribution >= 0.6 is 0 Å². The lowest BCUT2D eigenvalue weighted by Gasteiger charge is -2.29. The Labute approximate surface area is 106 Å². The van der Waals surface area contributed by atoms with Crippen molar-refractivity contribution in [1.29, 1.82) is 0 Å². The van der Waals surface area contributed by atoms with Crippen LogP contribution < -0.4 is 11.1 Å². The highest BCUT2D eigenvalue weighted by Crippen LogP contribution is 2.20. The van der Waals surface area contributed by atoms with Crippen molar-refractivity contribution in [2.45, 2.75) is 12.5 Å². The monoisotopic (exact) mass is 251 g/mol. The molecule has 2 rings (SSSR count). The molecule has 1 fully saturated rings. The summed E-state index contributed by atoms with van der Waals surface area (Å²) in [5.74, 6) is -0.172. The minimum atomic E-state index is -0.248. The van der Waals surface area contributed by atoms with Crippen molar-refractivity contribution in [2.75, 3.05) is 26.2 Å². The molecule has 0 spiro atoms. The van der Waals surface area contributed by atoms with Crippen LogP contribution in [-0.2, 0) is 4.79 Å². The van der Waals surface area contributed by atoms with Crippen LogP contribution in [0.4, 0.5) is 4.39 Å². The predicted molar refractivity (Wildman–Crippen MR) is 67.4 cm³/mol. The second-order valence-electron chi connectivity index (χ2n) is 4.44. The van der Waals surface area contributed by atoms with Crippen molar-refractivity contribution in [3.63, 3.8) is 0 Å². The number of nitrogens with zero attached hydrogens (tertiary/aromatic N) is 1. The van der Waals surface area contributed by atoms with Crippen LogP contribution in [0.15, 0.2) is 24.3 Å². The highest BCUT2D eigenvalue weighted by molar-refractivity contribution is 5.76. The first kappa shape index (κ1) is 13.0. The summed E-state index contributed by atoms with van der Waals surface area (Å²) in [5.41, 5.74) is 6.81. The molecular weight excluding hydrogens is 233 g/mol. The van der Waals surface area contributed by atoms with E-state index in [-0.39, 0.29) is 17.8 Å². The Balaban J connectivity index is 2.12. The molecular formula is C13H18FN3O. The first-order valence-corrected chi connectivity index (χ1v) is 6.17. The standard InChI is InChI=1S/C13H18FN3O/c14-11-3-1-10(2-4-11)12(9-15)17-7-5-13(18)16-6-8-17/h1-4,12H,5-9,15H2,(H,16,18). The van der Waals surface area contributed by atoms with Crippen molar-refractivity contribution in [2.24, 2.45) is 5.73 Å². The number of amides is 1. The van der Waals surface area contributed by atoms with Crippen LogP contribution in [0.2, 0.25) is 0 Å². The highest BCUT2D eigenvalue weighted by Gasteiger charge is 2.21. The van der Waals surface area contributed by atoms with Crippen LogP contribution in [0.3, 0.4) is 0 Å². The fourth-order valence-electron chi connectivity index (χ4n) is 2.28. The van der Waals surface area contributed by atoms with E-state index >= 15 is 0 Å². The number of halogens is 1. The van der Waals surface area contributed by atoms with E-state index in [4.69, 9.17) is 5.73 Å². The quantitative estimate of drug-likeness (QED) is 0.829. The van der Waals surface area contributed by atoms with Crippen LogP contribution in [-0.4, -0.2) is 37.0 Å². The summed E-state index contributed by atoms with van der Waals surface area (Å²) in [6.45, 7) is 2.55. The zero-order valence-corrected chi connectivity index (χ0v) is 10.2. The van der Waals surface area contributed by atoms with E-state index in [0.29, 0.717) is 26.1 Å². The van der Waals surface area contributed by atoms with Crippen molar-refractivity contribution in [1.82, 2.24) is 10.2 Å². The number of nitrogens with one attached hydrogen (secondary N) is 1. The zero-order valence-electron chi connectivity index (χ0n) is 10.2. The maximum Gasteiger partial charge on any atom is 0.221 e. The number of carbonyl (C=O) groups excluding carboxylic acids is 1. The van der Waals surface area contributed by atoms with E-state index in [0.717, 1.165) is 12.1 Å². The van der Waals surface area contributed by atoms with Gasteiger partial charge in [0.15, 0.2) is 0 Å². The minimum Gasteiger partial charge on any atom is -0.355 e. The molecule has 1 amide bonds. The molecule has 98 valence electrons. The molecule has 0 aromatic heterocycles. The van der Waals surface area contributed by atoms with E-state index < -0.39 is 0 Å². The van der Waals surface area contributed by atoms with Gasteiger partial charge in [-0.2, -0.15) is 0 Å². The molecule has 1 unspecified atom stereocenters. The van der Waals surface area contributed by atoms with Gasteiger partial charge in [-0.15, -0.1) is 0 Å². The largest absolute Gasteiger partial charge is 0.355 e. The Morgan fingerprint density at radius 3 is 2.72 bits per heavy atom. The topological polar surface area (TPSA) is 58.4 Å². The van der Waals surface area contributed by atoms with E-state index in [1.807, 2.05) is 0 Å². The van der Waals surface area contributed by atoms with E-state index in [2.05, 4.69) is 10.2 Å². The maximum absolute atomic E-state index is 12.9. The molecule has 0 aliphatic carbocycles. The van der Waals surface area contributed by atoms with E-state index in [9.17, 15) is 9.18 Å². The van der Waals surface area contributed by atoms with E-state index in [1.54, 1.807) is 12.1 Å². The molecule has 1 aromatic rings. The van der Waals surface area contributed by atoms with Gasteiger partial charge in [0.05, 0.1) is 0 Å². The maximum atomic E-state index is 12.9. The molecule has 1 aliphatic rings. The predicted octanol–water partition coefficient (Wildman–Crippen LogP) is 0.647. The van der Waals surface area contributed by atoms with Gasteiger partial charge in [-0.05, 0) is 17.7 Å². The fraction of sp³-hybridized carbons (Fsp3) is 0.462. The summed E-state index contributed by atoms with van der Waals surface area (Å²) in [6, 6.07) is 6.44. The molecule has 1 saturated heterocycles. The lowest BCUT2D eigenvalue weighted by Crippen LogP contribution is -2.36. The van der Waals surface area contributed by atoms with Gasteiger partial charge in [0.2, 0.25) is 5.91 Å². The minimum absolute atomic E-state index is 0.0401. The molecule has 3 N–H and O–H groups in total. The van der Waals surface area contributed by atoms with Crippen LogP contribution in [0.1, 0.15) is 18.0 Å². The van der Waals surface area contributed by atoms with Gasteiger partial charge in [0.25, 0.3) is 0 Å². The van der Waals surface area contributed by atoms with Crippen LogP contribution in [0.25, 0.3) is 0 Å². The van der Waals surface area contributed by atoms with Crippen LogP contribution in [0, 0.1) is 5.82 Å². The second-order valence-corrected chi connectivity index (χ2v) is 4.44. The summed E-state index contributed by atoms with van der Waals surface area (Å²) in [4.78, 5) is 13.5. The molecule has 0 radical (unpaired) electrons. The lowest BCUT2D eigenvalue weighted by molar-refractivity contribution is -0.120. The number of hydrogen-bond donors (Lipinski definition) is 2. The molecule has 4 nitrogen and oxygen atoms in total. The number of rotatable bonds is 3. The van der Waals surface area contributed by atoms with Gasteiger partial charge in [-0.1, -0.05) is 12.1 Å². The second kappa shape index (κ2) is 5.93. The van der Waals surface area contributed by atoms with Crippen LogP contribution in [0.5, 0.6) is 0 Å². The summed E-state index contributed by atoms with van der Waals surface area (Å²) in [6.07, 6.45) is 0.484. The Kier molecular flexibility index (Phi) is 4.28. The summed E-state index contributed by atoms with van der Waals surface area (Å²) < 4.78 is 12.9. The molecule has 5 heteroatoms. The molecule has 0 saturated carbocycles. The van der Waals surface area contributed by atoms with Crippen molar-refractivity contribution in [3.05, 3.63) is 35.6 Å². The summed E-state index contributed by atoms with van der Waals surface area (Å²) in [7, 11) is 0. The molecule has 1 aromatic carbocycles. The van der Waals surface area contributed by atoms with Crippen molar-refractivity contribution in [3.8, 4) is 0 Å². The lowest BCUT2D eigenvalue weighted by atomic mass is 10.0. The SMILES string of the molecule is NCC(c1ccc(F)cc1)N1CCNC(=O)CC1. The van der Waals surface area contributed by atoms with Crippen molar-refractivity contribution >= 4 is 5.91 Å². The Hall–Kier alpha value is -1.46. The Morgan fingerprint density at radius 1 is 1.33 bits per heavy atom. The Bertz CT molecular complexity index is 407. The average Bonchev–Trinajstić information content (AvgIpc) is 2.58. The number of hydrogen-bond acceptors (Lipinski definition) is 3. The molecule has 1 aliphatic heterocycles. The third-order valence-electron chi connectivity index (χ3n) is 3.27. The number of nitrogens with two attached hydrogens (primary N) is 1. The van der Waals surface area contributed by atoms with Gasteiger partial charge in [0, 0.05) is 38.6 Å². The van der Waals surface area contributed by atoms with Crippen molar-refractivity contribution < 1.29 is 9.18 Å². The third-order valence-corrected chi connectivity index (χ3v) is 3.27. The molecule has 1 atom stereocenters. The normalized spacial score (nSPS) is 19.1. The molecule has 1 heterocycles. The first-order chi connectivity index (χ1) is 8.70. The van der Waals surface area contributed by atoms with Gasteiger partial charge in [-0.25, -0.2) is 4.39 Å². The zero-order chi connectivity index (χ0) is 13.0. The number of carbonyl (C=O) groups is 1. The highest BCUT2D eigenvalue weighted by atomic mass is 19.1. The molecule has 0 bridgehead atoms. The third kappa shape index (κ3) is 3.05. The fourth-order valence-corrected chi connectivity index (χ4v) is 2.28. The van der Waals surface area contributed by atoms with Gasteiger partial charge in [0.1, 0.15) is 5.82 Å². The van der Waals surface area contributed by atoms with Gasteiger partial charge < -0.3 is 11.1 Å². The molecule has 18 heavy (non-hydrogen) atoms. The van der Waals surface area contributed by atoms with E-state index in [1.165, 1.54) is 12.1 Å². The summed E-state index contributed by atoms with van der Waals surface area (Å²) >= 11 is 0. The van der Waals surface area contributed by atoms with Gasteiger partial charge >= 0.3 is 0 Å². The first-order valence-electron chi connectivity index (χ1n) is 6.17. The Morgan fingerprint density at radius 2 is 2.06 bits per heavy atom. The van der Waals surface area contributed by atoms with Gasteiger partial charge in [-0.3, -0.25) is 9.69 Å². The number of benzene rings is 1. The summed E-state index contributed by atoms with van der Waals surface area (Å²) in [5, 5.41) is 2.83.